The van der Waals surface area contributed by atoms with E-state index in [4.69, 9.17) is 17.3 Å². The molecule has 1 aliphatic heterocycles. The molecule has 37 heavy (non-hydrogen) atoms. The van der Waals surface area contributed by atoms with Crippen LogP contribution in [0.1, 0.15) is 16.8 Å². The van der Waals surface area contributed by atoms with Gasteiger partial charge in [0, 0.05) is 59.9 Å². The summed E-state index contributed by atoms with van der Waals surface area (Å²) < 4.78 is 28.1. The lowest BCUT2D eigenvalue weighted by Gasteiger charge is -2.40. The lowest BCUT2D eigenvalue weighted by atomic mass is 10.0. The summed E-state index contributed by atoms with van der Waals surface area (Å²) in [4.78, 5) is 33.7. The monoisotopic (exact) mass is 537 g/mol. The van der Waals surface area contributed by atoms with Crippen LogP contribution in [-0.4, -0.2) is 65.1 Å². The minimum atomic E-state index is -3.92. The molecule has 1 unspecified atom stereocenters. The van der Waals surface area contributed by atoms with E-state index in [0.29, 0.717) is 21.5 Å². The second-order valence-electron chi connectivity index (χ2n) is 8.86. The summed E-state index contributed by atoms with van der Waals surface area (Å²) in [6.45, 7) is 0.144. The van der Waals surface area contributed by atoms with Gasteiger partial charge in [0.2, 0.25) is 5.91 Å². The predicted octanol–water partition coefficient (Wildman–Crippen LogP) is 3.27. The fraction of sp³-hybridized carbons (Fsp3) is 0.192. The van der Waals surface area contributed by atoms with Crippen molar-refractivity contribution in [2.45, 2.75) is 17.5 Å². The van der Waals surface area contributed by atoms with Crippen molar-refractivity contribution in [1.82, 2.24) is 19.2 Å². The Morgan fingerprint density at radius 2 is 1.70 bits per heavy atom. The van der Waals surface area contributed by atoms with Crippen LogP contribution in [0.5, 0.6) is 0 Å². The highest BCUT2D eigenvalue weighted by atomic mass is 35.5. The molecule has 1 saturated heterocycles. The molecule has 2 amide bonds. The Hall–Kier alpha value is -3.73. The van der Waals surface area contributed by atoms with Crippen LogP contribution in [0.4, 0.5) is 0 Å². The number of hydrogen-bond donors (Lipinski definition) is 2. The van der Waals surface area contributed by atoms with Gasteiger partial charge in [0.1, 0.15) is 5.03 Å². The van der Waals surface area contributed by atoms with Gasteiger partial charge >= 0.3 is 0 Å². The number of carbonyl (C=O) groups excluding carboxylic acids is 2. The van der Waals surface area contributed by atoms with Gasteiger partial charge in [0.15, 0.2) is 0 Å². The number of halogens is 1. The second-order valence-corrected chi connectivity index (χ2v) is 11.2. The topological polar surface area (TPSA) is 129 Å². The molecule has 1 aliphatic rings. The maximum atomic E-state index is 13.4. The molecule has 4 aromatic rings. The van der Waals surface area contributed by atoms with Crippen LogP contribution in [0, 0.1) is 0 Å². The fourth-order valence-corrected chi connectivity index (χ4v) is 6.25. The van der Waals surface area contributed by atoms with Crippen molar-refractivity contribution >= 4 is 44.3 Å². The molecule has 2 aromatic heterocycles. The maximum absolute atomic E-state index is 13.4. The smallest absolute Gasteiger partial charge is 0.258 e. The van der Waals surface area contributed by atoms with Crippen molar-refractivity contribution in [1.29, 1.82) is 0 Å². The number of rotatable bonds is 6. The normalized spacial score (nSPS) is 16.7. The van der Waals surface area contributed by atoms with E-state index >= 15 is 0 Å². The molecule has 0 radical (unpaired) electrons. The van der Waals surface area contributed by atoms with Gasteiger partial charge in [0.25, 0.3) is 15.9 Å². The predicted molar refractivity (Wildman–Crippen MR) is 140 cm³/mol. The van der Waals surface area contributed by atoms with Crippen LogP contribution in [0.2, 0.25) is 5.02 Å². The summed E-state index contributed by atoms with van der Waals surface area (Å²) in [6.07, 6.45) is 3.23. The first kappa shape index (κ1) is 24.9. The summed E-state index contributed by atoms with van der Waals surface area (Å²) in [7, 11) is -3.92. The summed E-state index contributed by atoms with van der Waals surface area (Å²) in [5.74, 6) is -0.903. The van der Waals surface area contributed by atoms with Gasteiger partial charge in [-0.3, -0.25) is 14.6 Å². The van der Waals surface area contributed by atoms with Gasteiger partial charge in [0.05, 0.1) is 6.04 Å². The third kappa shape index (κ3) is 5.08. The minimum Gasteiger partial charge on any atom is -0.370 e. The van der Waals surface area contributed by atoms with E-state index in [9.17, 15) is 18.0 Å². The molecule has 11 heteroatoms. The molecule has 2 aromatic carbocycles. The van der Waals surface area contributed by atoms with Gasteiger partial charge < -0.3 is 15.6 Å². The van der Waals surface area contributed by atoms with Gasteiger partial charge in [-0.05, 0) is 59.7 Å². The number of nitrogens with zero attached hydrogens (tertiary/aromatic N) is 3. The van der Waals surface area contributed by atoms with Crippen LogP contribution in [0.15, 0.2) is 78.1 Å². The summed E-state index contributed by atoms with van der Waals surface area (Å²) >= 11 is 6.04. The van der Waals surface area contributed by atoms with Crippen molar-refractivity contribution in [3.05, 3.63) is 83.6 Å². The largest absolute Gasteiger partial charge is 0.370 e. The molecule has 1 fully saturated rings. The lowest BCUT2D eigenvalue weighted by Crippen LogP contribution is -2.57. The van der Waals surface area contributed by atoms with Gasteiger partial charge in [-0.25, -0.2) is 8.42 Å². The molecule has 3 N–H and O–H groups in total. The Labute approximate surface area is 218 Å². The van der Waals surface area contributed by atoms with E-state index in [2.05, 4.69) is 9.97 Å². The van der Waals surface area contributed by atoms with Crippen molar-refractivity contribution in [3.63, 3.8) is 0 Å². The standard InChI is InChI=1S/C26H24ClN5O4S/c27-21-5-6-23-20(13-21)14-25(30-23)37(35,36)31-11-12-32(22(16-31)15-24(28)33)26(34)19-3-1-17(2-4-19)18-7-9-29-10-8-18/h1-10,13-14,22,30H,11-12,15-16H2,(H2,28,33). The van der Waals surface area contributed by atoms with E-state index in [1.54, 1.807) is 42.7 Å². The quantitative estimate of drug-likeness (QED) is 0.390. The Kier molecular flexibility index (Phi) is 6.72. The molecule has 0 spiro atoms. The number of H-pyrrole nitrogens is 1. The summed E-state index contributed by atoms with van der Waals surface area (Å²) in [6, 6.07) is 16.8. The Morgan fingerprint density at radius 1 is 1.00 bits per heavy atom. The number of fused-ring (bicyclic) bond motifs is 1. The minimum absolute atomic E-state index is 0.0223. The average molecular weight is 538 g/mol. The molecule has 5 rings (SSSR count). The first-order valence-corrected chi connectivity index (χ1v) is 13.4. The molecule has 0 saturated carbocycles. The first-order chi connectivity index (χ1) is 17.7. The molecule has 0 aliphatic carbocycles. The molecule has 190 valence electrons. The van der Waals surface area contributed by atoms with E-state index in [-0.39, 0.29) is 37.0 Å². The molecule has 3 heterocycles. The number of hydrogen-bond acceptors (Lipinski definition) is 5. The van der Waals surface area contributed by atoms with Crippen LogP contribution < -0.4 is 5.73 Å². The van der Waals surface area contributed by atoms with Crippen molar-refractivity contribution in [3.8, 4) is 11.1 Å². The number of amides is 2. The SMILES string of the molecule is NC(=O)CC1CN(S(=O)(=O)c2cc3cc(Cl)ccc3[nH]2)CCN1C(=O)c1ccc(-c2ccncc2)cc1. The number of aromatic amines is 1. The summed E-state index contributed by atoms with van der Waals surface area (Å²) in [5.41, 5.74) is 8.46. The second kappa shape index (κ2) is 9.97. The number of nitrogens with one attached hydrogen (secondary N) is 1. The van der Waals surface area contributed by atoms with Crippen molar-refractivity contribution < 1.29 is 18.0 Å². The third-order valence-electron chi connectivity index (χ3n) is 6.46. The highest BCUT2D eigenvalue weighted by Gasteiger charge is 2.38. The van der Waals surface area contributed by atoms with Crippen molar-refractivity contribution in [2.75, 3.05) is 19.6 Å². The lowest BCUT2D eigenvalue weighted by molar-refractivity contribution is -0.119. The average Bonchev–Trinajstić information content (AvgIpc) is 3.33. The zero-order valence-corrected chi connectivity index (χ0v) is 21.2. The molecular formula is C26H24ClN5O4S. The highest BCUT2D eigenvalue weighted by Crippen LogP contribution is 2.27. The molecule has 0 bridgehead atoms. The van der Waals surface area contributed by atoms with Gasteiger partial charge in [-0.15, -0.1) is 0 Å². The van der Waals surface area contributed by atoms with E-state index in [1.807, 2.05) is 24.3 Å². The summed E-state index contributed by atoms with van der Waals surface area (Å²) in [5, 5.41) is 1.19. The van der Waals surface area contributed by atoms with Crippen molar-refractivity contribution in [2.24, 2.45) is 5.73 Å². The molecular weight excluding hydrogens is 514 g/mol. The number of aromatic nitrogens is 2. The Balaban J connectivity index is 1.37. The van der Waals surface area contributed by atoms with E-state index < -0.39 is 22.0 Å². The number of carbonyl (C=O) groups is 2. The Morgan fingerprint density at radius 3 is 2.41 bits per heavy atom. The van der Waals surface area contributed by atoms with Crippen LogP contribution in [0.25, 0.3) is 22.0 Å². The Bertz CT molecular complexity index is 1570. The van der Waals surface area contributed by atoms with E-state index in [1.165, 1.54) is 15.3 Å². The van der Waals surface area contributed by atoms with E-state index in [0.717, 1.165) is 11.1 Å². The number of sulfonamides is 1. The molecule has 9 nitrogen and oxygen atoms in total. The third-order valence-corrected chi connectivity index (χ3v) is 8.49. The van der Waals surface area contributed by atoms with Gasteiger partial charge in [-0.1, -0.05) is 23.7 Å². The maximum Gasteiger partial charge on any atom is 0.258 e. The van der Waals surface area contributed by atoms with Gasteiger partial charge in [-0.2, -0.15) is 4.31 Å². The number of benzene rings is 2. The van der Waals surface area contributed by atoms with Crippen LogP contribution in [-0.2, 0) is 14.8 Å². The zero-order chi connectivity index (χ0) is 26.2. The number of nitrogens with two attached hydrogens (primary N) is 1. The number of piperazine rings is 1. The highest BCUT2D eigenvalue weighted by molar-refractivity contribution is 7.89. The zero-order valence-electron chi connectivity index (χ0n) is 19.7. The van der Waals surface area contributed by atoms with Crippen LogP contribution in [0.3, 0.4) is 0 Å². The molecule has 1 atom stereocenters. The number of primary amides is 1. The van der Waals surface area contributed by atoms with Crippen LogP contribution >= 0.6 is 11.6 Å². The first-order valence-electron chi connectivity index (χ1n) is 11.6. The number of pyridine rings is 1. The fourth-order valence-electron chi connectivity index (χ4n) is 4.59.